The average molecular weight is 422 g/mol. The van der Waals surface area contributed by atoms with E-state index in [0.717, 1.165) is 0 Å². The molecule has 0 aromatic heterocycles. The number of carbonyl (C=O) groups is 3. The lowest BCUT2D eigenvalue weighted by molar-refractivity contribution is -0.158. The van der Waals surface area contributed by atoms with Gasteiger partial charge in [-0.2, -0.15) is 0 Å². The maximum Gasteiger partial charge on any atom is 0.353 e. The van der Waals surface area contributed by atoms with Crippen LogP contribution in [0.25, 0.3) is 0 Å². The van der Waals surface area contributed by atoms with Crippen LogP contribution in [-0.2, 0) is 14.3 Å². The number of amides is 2. The number of rotatable bonds is 7. The highest BCUT2D eigenvalue weighted by atomic mass is 16.6. The number of anilines is 1. The molecule has 0 spiro atoms. The lowest BCUT2D eigenvalue weighted by Gasteiger charge is -2.48. The van der Waals surface area contributed by atoms with Crippen LogP contribution >= 0.6 is 0 Å². The molecule has 31 heavy (non-hydrogen) atoms. The van der Waals surface area contributed by atoms with Gasteiger partial charge in [0.15, 0.2) is 0 Å². The maximum atomic E-state index is 13.4. The third-order valence-corrected chi connectivity index (χ3v) is 5.58. The predicted molar refractivity (Wildman–Crippen MR) is 115 cm³/mol. The van der Waals surface area contributed by atoms with E-state index in [4.69, 9.17) is 9.47 Å². The van der Waals surface area contributed by atoms with Crippen molar-refractivity contribution in [3.05, 3.63) is 60.2 Å². The Hall–Kier alpha value is -3.35. The zero-order chi connectivity index (χ0) is 22.0. The average Bonchev–Trinajstić information content (AvgIpc) is 3.13. The fourth-order valence-corrected chi connectivity index (χ4v) is 4.29. The number of nitrogens with zero attached hydrogens (tertiary/aromatic N) is 2. The van der Waals surface area contributed by atoms with Gasteiger partial charge in [-0.15, -0.1) is 0 Å². The first-order valence-corrected chi connectivity index (χ1v) is 10.5. The Morgan fingerprint density at radius 1 is 1.03 bits per heavy atom. The summed E-state index contributed by atoms with van der Waals surface area (Å²) in [6.45, 7) is 4.48. The van der Waals surface area contributed by atoms with Gasteiger partial charge in [0.05, 0.1) is 11.3 Å². The number of esters is 1. The van der Waals surface area contributed by atoms with Crippen LogP contribution in [0, 0.1) is 5.92 Å². The molecule has 0 saturated carbocycles. The van der Waals surface area contributed by atoms with Crippen molar-refractivity contribution in [1.82, 2.24) is 4.90 Å². The molecule has 1 unspecified atom stereocenters. The minimum absolute atomic E-state index is 0.0167. The molecule has 2 amide bonds. The molecule has 0 bridgehead atoms. The van der Waals surface area contributed by atoms with Crippen molar-refractivity contribution >= 4 is 23.5 Å². The normalized spacial score (nSPS) is 20.0. The highest BCUT2D eigenvalue weighted by Gasteiger charge is 2.61. The van der Waals surface area contributed by atoms with Crippen molar-refractivity contribution in [3.63, 3.8) is 0 Å². The van der Waals surface area contributed by atoms with E-state index in [1.165, 1.54) is 9.80 Å². The first-order valence-electron chi connectivity index (χ1n) is 10.5. The Balaban J connectivity index is 1.61. The van der Waals surface area contributed by atoms with Gasteiger partial charge < -0.3 is 14.4 Å². The van der Waals surface area contributed by atoms with Crippen molar-refractivity contribution in [2.24, 2.45) is 5.92 Å². The molecule has 1 fully saturated rings. The zero-order valence-corrected chi connectivity index (χ0v) is 17.7. The second-order valence-corrected chi connectivity index (χ2v) is 8.17. The Morgan fingerprint density at radius 3 is 2.48 bits per heavy atom. The van der Waals surface area contributed by atoms with Crippen molar-refractivity contribution in [3.8, 4) is 5.75 Å². The van der Waals surface area contributed by atoms with Gasteiger partial charge in [0.1, 0.15) is 19.0 Å². The van der Waals surface area contributed by atoms with Gasteiger partial charge in [-0.05, 0) is 30.2 Å². The van der Waals surface area contributed by atoms with Crippen LogP contribution in [-0.4, -0.2) is 48.1 Å². The number of ether oxygens (including phenoxy) is 2. The summed E-state index contributed by atoms with van der Waals surface area (Å²) in [6.07, 6.45) is 0.378. The minimum Gasteiger partial charge on any atom is -0.490 e. The van der Waals surface area contributed by atoms with E-state index in [9.17, 15) is 14.4 Å². The van der Waals surface area contributed by atoms with E-state index in [1.54, 1.807) is 24.3 Å². The van der Waals surface area contributed by atoms with Crippen LogP contribution in [0.1, 0.15) is 37.0 Å². The number of hydrogen-bond donors (Lipinski definition) is 0. The highest BCUT2D eigenvalue weighted by Crippen LogP contribution is 2.45. The lowest BCUT2D eigenvalue weighted by atomic mass is 9.95. The molecule has 162 valence electrons. The molecule has 0 aliphatic carbocycles. The minimum atomic E-state index is -1.46. The van der Waals surface area contributed by atoms with Gasteiger partial charge in [-0.1, -0.05) is 44.2 Å². The molecule has 7 heteroatoms. The monoisotopic (exact) mass is 422 g/mol. The summed E-state index contributed by atoms with van der Waals surface area (Å²) in [4.78, 5) is 42.7. The molecular formula is C24H26N2O5. The Morgan fingerprint density at radius 2 is 1.74 bits per heavy atom. The molecule has 2 aliphatic rings. The molecule has 2 aromatic carbocycles. The molecule has 1 saturated heterocycles. The number of benzene rings is 2. The third kappa shape index (κ3) is 3.65. The Labute approximate surface area is 181 Å². The summed E-state index contributed by atoms with van der Waals surface area (Å²) >= 11 is 0. The Bertz CT molecular complexity index is 990. The highest BCUT2D eigenvalue weighted by molar-refractivity contribution is 6.15. The van der Waals surface area contributed by atoms with E-state index in [1.807, 2.05) is 44.2 Å². The SMILES string of the molecule is CC(C)CN1C(=O)c2ccccc2N2C(=O)CCC12C(=O)OCCOc1ccccc1. The van der Waals surface area contributed by atoms with Gasteiger partial charge >= 0.3 is 5.97 Å². The van der Waals surface area contributed by atoms with Crippen molar-refractivity contribution in [2.75, 3.05) is 24.7 Å². The quantitative estimate of drug-likeness (QED) is 0.506. The van der Waals surface area contributed by atoms with E-state index >= 15 is 0 Å². The van der Waals surface area contributed by atoms with Gasteiger partial charge in [-0.25, -0.2) is 4.79 Å². The summed E-state index contributed by atoms with van der Waals surface area (Å²) in [5.41, 5.74) is -0.568. The van der Waals surface area contributed by atoms with E-state index < -0.39 is 11.6 Å². The van der Waals surface area contributed by atoms with Gasteiger partial charge in [0.2, 0.25) is 11.6 Å². The number of para-hydroxylation sites is 2. The zero-order valence-electron chi connectivity index (χ0n) is 17.7. The third-order valence-electron chi connectivity index (χ3n) is 5.58. The molecule has 1 atom stereocenters. The molecule has 0 N–H and O–H groups in total. The molecular weight excluding hydrogens is 396 g/mol. The topological polar surface area (TPSA) is 76.2 Å². The summed E-state index contributed by atoms with van der Waals surface area (Å²) in [6, 6.07) is 16.2. The molecule has 7 nitrogen and oxygen atoms in total. The first kappa shape index (κ1) is 20.9. The van der Waals surface area contributed by atoms with Crippen molar-refractivity contribution < 1.29 is 23.9 Å². The first-order chi connectivity index (χ1) is 14.9. The summed E-state index contributed by atoms with van der Waals surface area (Å²) in [5.74, 6) is -0.257. The number of fused-ring (bicyclic) bond motifs is 3. The van der Waals surface area contributed by atoms with Crippen molar-refractivity contribution in [1.29, 1.82) is 0 Å². The second-order valence-electron chi connectivity index (χ2n) is 8.17. The second kappa shape index (κ2) is 8.41. The summed E-state index contributed by atoms with van der Waals surface area (Å²) < 4.78 is 11.2. The van der Waals surface area contributed by atoms with Crippen LogP contribution < -0.4 is 9.64 Å². The largest absolute Gasteiger partial charge is 0.490 e. The maximum absolute atomic E-state index is 13.4. The Kier molecular flexibility index (Phi) is 5.67. The van der Waals surface area contributed by atoms with Crippen LogP contribution in [0.3, 0.4) is 0 Å². The van der Waals surface area contributed by atoms with E-state index in [2.05, 4.69) is 0 Å². The molecule has 4 rings (SSSR count). The van der Waals surface area contributed by atoms with Crippen LogP contribution in [0.4, 0.5) is 5.69 Å². The fraction of sp³-hybridized carbons (Fsp3) is 0.375. The standard InChI is InChI=1S/C24H26N2O5/c1-17(2)16-25-22(28)19-10-6-7-11-20(19)26-21(27)12-13-24(25,26)23(29)31-15-14-30-18-8-4-3-5-9-18/h3-11,17H,12-16H2,1-2H3. The van der Waals surface area contributed by atoms with Crippen LogP contribution in [0.2, 0.25) is 0 Å². The van der Waals surface area contributed by atoms with Gasteiger partial charge in [0.25, 0.3) is 5.91 Å². The number of carbonyl (C=O) groups excluding carboxylic acids is 3. The fourth-order valence-electron chi connectivity index (χ4n) is 4.29. The predicted octanol–water partition coefficient (Wildman–Crippen LogP) is 3.24. The van der Waals surface area contributed by atoms with Crippen LogP contribution in [0.15, 0.2) is 54.6 Å². The smallest absolute Gasteiger partial charge is 0.353 e. The van der Waals surface area contributed by atoms with E-state index in [0.29, 0.717) is 23.5 Å². The summed E-state index contributed by atoms with van der Waals surface area (Å²) in [5, 5.41) is 0. The van der Waals surface area contributed by atoms with Crippen molar-refractivity contribution in [2.45, 2.75) is 32.4 Å². The van der Waals surface area contributed by atoms with Gasteiger partial charge in [0, 0.05) is 19.4 Å². The lowest BCUT2D eigenvalue weighted by Crippen LogP contribution is -2.69. The molecule has 0 radical (unpaired) electrons. The number of hydrogen-bond acceptors (Lipinski definition) is 5. The van der Waals surface area contributed by atoms with Gasteiger partial charge in [-0.3, -0.25) is 14.5 Å². The van der Waals surface area contributed by atoms with E-state index in [-0.39, 0.29) is 43.8 Å². The summed E-state index contributed by atoms with van der Waals surface area (Å²) in [7, 11) is 0. The molecule has 2 aliphatic heterocycles. The van der Waals surface area contributed by atoms with Crippen LogP contribution in [0.5, 0.6) is 5.75 Å². The molecule has 2 aromatic rings. The molecule has 2 heterocycles.